The SMILES string of the molecule is CCOC(=O)CSc1nc2ccc(NS(=O)(=O)c3cccc(Cl)c3C)cc2s1. The van der Waals surface area contributed by atoms with Gasteiger partial charge in [-0.15, -0.1) is 11.3 Å². The molecule has 2 aromatic carbocycles. The summed E-state index contributed by atoms with van der Waals surface area (Å²) in [4.78, 5) is 16.1. The van der Waals surface area contributed by atoms with Crippen molar-refractivity contribution in [3.8, 4) is 0 Å². The minimum absolute atomic E-state index is 0.134. The van der Waals surface area contributed by atoms with Gasteiger partial charge in [0.1, 0.15) is 0 Å². The highest BCUT2D eigenvalue weighted by Crippen LogP contribution is 2.32. The highest BCUT2D eigenvalue weighted by Gasteiger charge is 2.19. The third kappa shape index (κ3) is 4.78. The van der Waals surface area contributed by atoms with Crippen LogP contribution in [0.2, 0.25) is 5.02 Å². The van der Waals surface area contributed by atoms with Crippen LogP contribution in [0.4, 0.5) is 5.69 Å². The van der Waals surface area contributed by atoms with Crippen molar-refractivity contribution >= 4 is 66.6 Å². The molecule has 0 unspecified atom stereocenters. The van der Waals surface area contributed by atoms with Crippen molar-refractivity contribution in [1.29, 1.82) is 0 Å². The Balaban J connectivity index is 1.80. The van der Waals surface area contributed by atoms with Crippen molar-refractivity contribution in [2.45, 2.75) is 23.1 Å². The number of benzene rings is 2. The van der Waals surface area contributed by atoms with Gasteiger partial charge in [0.25, 0.3) is 10.0 Å². The molecule has 1 heterocycles. The number of rotatable bonds is 7. The second kappa shape index (κ2) is 8.69. The topological polar surface area (TPSA) is 85.4 Å². The lowest BCUT2D eigenvalue weighted by Gasteiger charge is -2.11. The summed E-state index contributed by atoms with van der Waals surface area (Å²) in [5.41, 5.74) is 1.66. The average Bonchev–Trinajstić information content (AvgIpc) is 3.04. The number of hydrogen-bond acceptors (Lipinski definition) is 7. The van der Waals surface area contributed by atoms with E-state index in [4.69, 9.17) is 16.3 Å². The molecule has 28 heavy (non-hydrogen) atoms. The molecular weight excluding hydrogens is 440 g/mol. The summed E-state index contributed by atoms with van der Waals surface area (Å²) in [6.07, 6.45) is 0. The number of nitrogens with zero attached hydrogens (tertiary/aromatic N) is 1. The first-order valence-corrected chi connectivity index (χ1v) is 11.9. The maximum Gasteiger partial charge on any atom is 0.316 e. The van der Waals surface area contributed by atoms with Gasteiger partial charge in [-0.2, -0.15) is 0 Å². The molecule has 3 rings (SSSR count). The van der Waals surface area contributed by atoms with Crippen LogP contribution in [0, 0.1) is 6.92 Å². The second-order valence-electron chi connectivity index (χ2n) is 5.72. The van der Waals surface area contributed by atoms with Crippen molar-refractivity contribution in [3.05, 3.63) is 47.0 Å². The molecule has 0 bridgehead atoms. The van der Waals surface area contributed by atoms with Crippen LogP contribution in [0.1, 0.15) is 12.5 Å². The summed E-state index contributed by atoms with van der Waals surface area (Å²) in [7, 11) is -3.77. The van der Waals surface area contributed by atoms with E-state index in [1.54, 1.807) is 44.2 Å². The van der Waals surface area contributed by atoms with Gasteiger partial charge in [-0.3, -0.25) is 9.52 Å². The highest BCUT2D eigenvalue weighted by atomic mass is 35.5. The number of carbonyl (C=O) groups excluding carboxylic acids is 1. The fourth-order valence-corrected chi connectivity index (χ4v) is 5.90. The van der Waals surface area contributed by atoms with E-state index in [1.165, 1.54) is 29.2 Å². The summed E-state index contributed by atoms with van der Waals surface area (Å²) in [6.45, 7) is 3.76. The fourth-order valence-electron chi connectivity index (χ4n) is 2.44. The van der Waals surface area contributed by atoms with Gasteiger partial charge in [0.2, 0.25) is 0 Å². The molecule has 0 fully saturated rings. The molecule has 0 spiro atoms. The number of fused-ring (bicyclic) bond motifs is 1. The van der Waals surface area contributed by atoms with E-state index in [9.17, 15) is 13.2 Å². The van der Waals surface area contributed by atoms with E-state index in [1.807, 2.05) is 0 Å². The van der Waals surface area contributed by atoms with Gasteiger partial charge in [0, 0.05) is 5.02 Å². The molecule has 6 nitrogen and oxygen atoms in total. The Morgan fingerprint density at radius 2 is 2.11 bits per heavy atom. The van der Waals surface area contributed by atoms with Gasteiger partial charge in [-0.25, -0.2) is 13.4 Å². The average molecular weight is 457 g/mol. The van der Waals surface area contributed by atoms with Gasteiger partial charge < -0.3 is 4.74 Å². The number of anilines is 1. The lowest BCUT2D eigenvalue weighted by molar-refractivity contribution is -0.139. The highest BCUT2D eigenvalue weighted by molar-refractivity contribution is 8.01. The van der Waals surface area contributed by atoms with Gasteiger partial charge in [0.15, 0.2) is 4.34 Å². The monoisotopic (exact) mass is 456 g/mol. The van der Waals surface area contributed by atoms with Crippen molar-refractivity contribution in [2.75, 3.05) is 17.1 Å². The Labute approximate surface area is 176 Å². The smallest absolute Gasteiger partial charge is 0.316 e. The molecule has 148 valence electrons. The zero-order valence-electron chi connectivity index (χ0n) is 15.1. The minimum Gasteiger partial charge on any atom is -0.465 e. The molecule has 0 aliphatic heterocycles. The number of esters is 1. The number of thiazole rings is 1. The van der Waals surface area contributed by atoms with E-state index in [0.717, 1.165) is 10.2 Å². The van der Waals surface area contributed by atoms with Gasteiger partial charge in [-0.05, 0) is 49.7 Å². The summed E-state index contributed by atoms with van der Waals surface area (Å²) in [6, 6.07) is 9.87. The molecule has 0 aliphatic carbocycles. The second-order valence-corrected chi connectivity index (χ2v) is 10.0. The summed E-state index contributed by atoms with van der Waals surface area (Å²) in [5, 5.41) is 0.393. The molecule has 3 aromatic rings. The summed E-state index contributed by atoms with van der Waals surface area (Å²) >= 11 is 8.72. The maximum atomic E-state index is 12.7. The zero-order chi connectivity index (χ0) is 20.3. The van der Waals surface area contributed by atoms with Gasteiger partial charge in [-0.1, -0.05) is 29.4 Å². The zero-order valence-corrected chi connectivity index (χ0v) is 18.3. The Morgan fingerprint density at radius 1 is 1.32 bits per heavy atom. The van der Waals surface area contributed by atoms with Gasteiger partial charge in [0.05, 0.1) is 33.2 Å². The van der Waals surface area contributed by atoms with Crippen LogP contribution < -0.4 is 4.72 Å². The number of carbonyl (C=O) groups is 1. The molecule has 0 saturated carbocycles. The van der Waals surface area contributed by atoms with Crippen LogP contribution in [0.15, 0.2) is 45.6 Å². The molecule has 1 N–H and O–H groups in total. The van der Waals surface area contributed by atoms with Crippen LogP contribution >= 0.6 is 34.7 Å². The summed E-state index contributed by atoms with van der Waals surface area (Å²) < 4.78 is 34.5. The van der Waals surface area contributed by atoms with Crippen molar-refractivity contribution in [1.82, 2.24) is 4.98 Å². The molecule has 0 aliphatic rings. The standard InChI is InChI=1S/C18H17ClN2O4S3/c1-3-25-17(22)10-26-18-20-14-8-7-12(9-15(14)27-18)21-28(23,24)16-6-4-5-13(19)11(16)2/h4-9,21H,3,10H2,1-2H3. The number of sulfonamides is 1. The van der Waals surface area contributed by atoms with Crippen LogP contribution in [0.3, 0.4) is 0 Å². The Hall–Kier alpha value is -1.81. The maximum absolute atomic E-state index is 12.7. The first-order chi connectivity index (χ1) is 13.3. The number of hydrogen-bond donors (Lipinski definition) is 1. The van der Waals surface area contributed by atoms with Gasteiger partial charge >= 0.3 is 5.97 Å². The number of ether oxygens (including phenoxy) is 1. The van der Waals surface area contributed by atoms with Crippen LogP contribution in [-0.4, -0.2) is 31.7 Å². The van der Waals surface area contributed by atoms with E-state index in [-0.39, 0.29) is 16.6 Å². The quantitative estimate of drug-likeness (QED) is 0.409. The predicted octanol–water partition coefficient (Wildman–Crippen LogP) is 4.71. The van der Waals surface area contributed by atoms with Crippen molar-refractivity contribution < 1.29 is 17.9 Å². The first-order valence-electron chi connectivity index (χ1n) is 8.27. The normalized spacial score (nSPS) is 11.5. The van der Waals surface area contributed by atoms with Crippen LogP contribution in [-0.2, 0) is 19.6 Å². The molecule has 0 atom stereocenters. The van der Waals surface area contributed by atoms with Crippen LogP contribution in [0.5, 0.6) is 0 Å². The minimum atomic E-state index is -3.77. The largest absolute Gasteiger partial charge is 0.465 e. The lowest BCUT2D eigenvalue weighted by Crippen LogP contribution is -2.14. The van der Waals surface area contributed by atoms with Crippen LogP contribution in [0.25, 0.3) is 10.2 Å². The number of halogens is 1. The third-order valence-electron chi connectivity index (χ3n) is 3.75. The van der Waals surface area contributed by atoms with E-state index in [2.05, 4.69) is 9.71 Å². The Bertz CT molecular complexity index is 1130. The van der Waals surface area contributed by atoms with E-state index in [0.29, 0.717) is 27.2 Å². The molecule has 0 amide bonds. The van der Waals surface area contributed by atoms with Crippen molar-refractivity contribution in [2.24, 2.45) is 0 Å². The van der Waals surface area contributed by atoms with E-state index < -0.39 is 10.0 Å². The Morgan fingerprint density at radius 3 is 2.86 bits per heavy atom. The number of nitrogens with one attached hydrogen (secondary N) is 1. The van der Waals surface area contributed by atoms with Crippen molar-refractivity contribution in [3.63, 3.8) is 0 Å². The lowest BCUT2D eigenvalue weighted by atomic mass is 10.2. The molecule has 0 radical (unpaired) electrons. The number of aromatic nitrogens is 1. The third-order valence-corrected chi connectivity index (χ3v) is 7.82. The summed E-state index contributed by atoms with van der Waals surface area (Å²) in [5.74, 6) is -0.113. The van der Waals surface area contributed by atoms with E-state index >= 15 is 0 Å². The molecule has 10 heteroatoms. The number of thioether (sulfide) groups is 1. The fraction of sp³-hybridized carbons (Fsp3) is 0.222. The first kappa shape index (κ1) is 20.9. The molecule has 1 aromatic heterocycles. The Kier molecular flexibility index (Phi) is 6.49. The molecular formula is C18H17ClN2O4S3. The molecule has 0 saturated heterocycles. The predicted molar refractivity (Wildman–Crippen MR) is 114 cm³/mol.